The molecule has 2 amide bonds. The number of rotatable bonds is 6. The topological polar surface area (TPSA) is 58.6 Å². The number of hydrogen-bond donors (Lipinski definition) is 1. The minimum absolute atomic E-state index is 0.0132. The lowest BCUT2D eigenvalue weighted by Crippen LogP contribution is -2.39. The fraction of sp³-hybridized carbons (Fsp3) is 0.556. The van der Waals surface area contributed by atoms with Crippen molar-refractivity contribution in [2.75, 3.05) is 20.3 Å². The first-order valence-corrected chi connectivity index (χ1v) is 8.10. The average Bonchev–Trinajstić information content (AvgIpc) is 2.82. The lowest BCUT2D eigenvalue weighted by Gasteiger charge is -2.29. The van der Waals surface area contributed by atoms with Crippen molar-refractivity contribution in [2.45, 2.75) is 39.3 Å². The first-order chi connectivity index (χ1) is 11.0. The maximum absolute atomic E-state index is 12.6. The molecule has 1 N–H and O–H groups in total. The molecule has 0 aliphatic carbocycles. The van der Waals surface area contributed by atoms with Gasteiger partial charge in [0.1, 0.15) is 0 Å². The number of likely N-dealkylation sites (tertiary alicyclic amines) is 1. The summed E-state index contributed by atoms with van der Waals surface area (Å²) in [4.78, 5) is 26.8. The highest BCUT2D eigenvalue weighted by Crippen LogP contribution is 2.39. The Hall–Kier alpha value is -1.88. The Morgan fingerprint density at radius 2 is 2.09 bits per heavy atom. The number of hydrogen-bond acceptors (Lipinski definition) is 3. The fourth-order valence-corrected chi connectivity index (χ4v) is 3.17. The lowest BCUT2D eigenvalue weighted by molar-refractivity contribution is -0.129. The van der Waals surface area contributed by atoms with Gasteiger partial charge in [0.05, 0.1) is 18.6 Å². The van der Waals surface area contributed by atoms with E-state index in [1.54, 1.807) is 12.0 Å². The zero-order valence-electron chi connectivity index (χ0n) is 14.3. The van der Waals surface area contributed by atoms with Crippen LogP contribution in [0.25, 0.3) is 0 Å². The van der Waals surface area contributed by atoms with E-state index in [0.29, 0.717) is 13.2 Å². The summed E-state index contributed by atoms with van der Waals surface area (Å²) in [5, 5.41) is 2.95. The minimum atomic E-state index is -0.358. The van der Waals surface area contributed by atoms with Gasteiger partial charge in [-0.15, -0.1) is 0 Å². The molecule has 2 rings (SSSR count). The van der Waals surface area contributed by atoms with Crippen LogP contribution in [0.5, 0.6) is 0 Å². The number of nitrogens with zero attached hydrogens (tertiary/aromatic N) is 1. The molecule has 1 aromatic carbocycles. The second kappa shape index (κ2) is 7.59. The lowest BCUT2D eigenvalue weighted by atomic mass is 9.90. The van der Waals surface area contributed by atoms with Crippen LogP contribution >= 0.6 is 0 Å². The molecule has 1 saturated heterocycles. The standard InChI is InChI=1S/C18H26N2O3/c1-12(2)19-18(22)15-11-16(21)20(9-10-23-4)17(15)14-8-6-5-7-13(14)3/h5-8,12,15,17H,9-11H2,1-4H3,(H,19,22)/t15-,17+/m1/s1. The predicted molar refractivity (Wildman–Crippen MR) is 88.9 cm³/mol. The van der Waals surface area contributed by atoms with E-state index in [0.717, 1.165) is 11.1 Å². The molecule has 126 valence electrons. The first kappa shape index (κ1) is 17.5. The number of amides is 2. The summed E-state index contributed by atoms with van der Waals surface area (Å²) in [6.07, 6.45) is 0.251. The van der Waals surface area contributed by atoms with Gasteiger partial charge in [-0.25, -0.2) is 0 Å². The number of aryl methyl sites for hydroxylation is 1. The molecular formula is C18H26N2O3. The molecule has 0 aromatic heterocycles. The second-order valence-corrected chi connectivity index (χ2v) is 6.36. The van der Waals surface area contributed by atoms with Crippen molar-refractivity contribution >= 4 is 11.8 Å². The number of carbonyl (C=O) groups is 2. The van der Waals surface area contributed by atoms with Crippen LogP contribution in [0.1, 0.15) is 37.4 Å². The third kappa shape index (κ3) is 3.91. The summed E-state index contributed by atoms with van der Waals surface area (Å²) < 4.78 is 5.13. The van der Waals surface area contributed by atoms with E-state index in [-0.39, 0.29) is 36.2 Å². The Kier molecular flexibility index (Phi) is 5.77. The van der Waals surface area contributed by atoms with E-state index in [1.165, 1.54) is 0 Å². The molecule has 23 heavy (non-hydrogen) atoms. The monoisotopic (exact) mass is 318 g/mol. The summed E-state index contributed by atoms with van der Waals surface area (Å²) >= 11 is 0. The van der Waals surface area contributed by atoms with E-state index in [2.05, 4.69) is 5.32 Å². The van der Waals surface area contributed by atoms with Crippen LogP contribution in [0.2, 0.25) is 0 Å². The van der Waals surface area contributed by atoms with Gasteiger partial charge in [-0.2, -0.15) is 0 Å². The molecule has 1 heterocycles. The van der Waals surface area contributed by atoms with Gasteiger partial charge in [-0.1, -0.05) is 24.3 Å². The van der Waals surface area contributed by atoms with E-state index >= 15 is 0 Å². The van der Waals surface area contributed by atoms with Gasteiger partial charge >= 0.3 is 0 Å². The Morgan fingerprint density at radius 1 is 1.39 bits per heavy atom. The SMILES string of the molecule is COCCN1C(=O)C[C@@H](C(=O)NC(C)C)[C@@H]1c1ccccc1C. The molecule has 0 saturated carbocycles. The largest absolute Gasteiger partial charge is 0.383 e. The van der Waals surface area contributed by atoms with Crippen LogP contribution in [-0.2, 0) is 14.3 Å². The molecule has 2 atom stereocenters. The van der Waals surface area contributed by atoms with E-state index in [9.17, 15) is 9.59 Å². The van der Waals surface area contributed by atoms with Crippen molar-refractivity contribution in [3.8, 4) is 0 Å². The third-order valence-corrected chi connectivity index (χ3v) is 4.24. The van der Waals surface area contributed by atoms with E-state index < -0.39 is 0 Å². The molecule has 0 radical (unpaired) electrons. The molecule has 1 aliphatic rings. The van der Waals surface area contributed by atoms with Gasteiger partial charge in [-0.3, -0.25) is 9.59 Å². The first-order valence-electron chi connectivity index (χ1n) is 8.10. The maximum Gasteiger partial charge on any atom is 0.226 e. The fourth-order valence-electron chi connectivity index (χ4n) is 3.17. The smallest absolute Gasteiger partial charge is 0.226 e. The van der Waals surface area contributed by atoms with Crippen molar-refractivity contribution in [3.05, 3.63) is 35.4 Å². The highest BCUT2D eigenvalue weighted by atomic mass is 16.5. The van der Waals surface area contributed by atoms with Gasteiger partial charge in [0.25, 0.3) is 0 Å². The number of methoxy groups -OCH3 is 1. The Bertz CT molecular complexity index is 571. The number of nitrogens with one attached hydrogen (secondary N) is 1. The Balaban J connectivity index is 2.35. The molecule has 0 unspecified atom stereocenters. The van der Waals surface area contributed by atoms with Gasteiger partial charge in [-0.05, 0) is 31.9 Å². The normalized spacial score (nSPS) is 21.1. The molecule has 1 aromatic rings. The Labute approximate surface area is 138 Å². The maximum atomic E-state index is 12.6. The molecular weight excluding hydrogens is 292 g/mol. The third-order valence-electron chi connectivity index (χ3n) is 4.24. The van der Waals surface area contributed by atoms with Crippen molar-refractivity contribution < 1.29 is 14.3 Å². The molecule has 1 aliphatic heterocycles. The predicted octanol–water partition coefficient (Wildman–Crippen LogP) is 2.06. The van der Waals surface area contributed by atoms with Gasteiger partial charge in [0.2, 0.25) is 11.8 Å². The molecule has 1 fully saturated rings. The van der Waals surface area contributed by atoms with Gasteiger partial charge < -0.3 is 15.0 Å². The summed E-state index contributed by atoms with van der Waals surface area (Å²) in [5.41, 5.74) is 2.13. The van der Waals surface area contributed by atoms with Crippen LogP contribution in [0, 0.1) is 12.8 Å². The van der Waals surface area contributed by atoms with Crippen LogP contribution in [0.3, 0.4) is 0 Å². The zero-order valence-corrected chi connectivity index (χ0v) is 14.3. The molecule has 5 heteroatoms. The molecule has 5 nitrogen and oxygen atoms in total. The van der Waals surface area contributed by atoms with Crippen LogP contribution in [0.15, 0.2) is 24.3 Å². The summed E-state index contributed by atoms with van der Waals surface area (Å²) in [6, 6.07) is 7.79. The van der Waals surface area contributed by atoms with Crippen molar-refractivity contribution in [1.29, 1.82) is 0 Å². The molecule has 0 bridgehead atoms. The molecule has 0 spiro atoms. The summed E-state index contributed by atoms with van der Waals surface area (Å²) in [6.45, 7) is 6.84. The number of carbonyl (C=O) groups excluding carboxylic acids is 2. The highest BCUT2D eigenvalue weighted by molar-refractivity contribution is 5.90. The van der Waals surface area contributed by atoms with Crippen molar-refractivity contribution in [2.24, 2.45) is 5.92 Å². The van der Waals surface area contributed by atoms with Crippen LogP contribution in [0.4, 0.5) is 0 Å². The number of ether oxygens (including phenoxy) is 1. The van der Waals surface area contributed by atoms with Gasteiger partial charge in [0, 0.05) is 26.1 Å². The van der Waals surface area contributed by atoms with E-state index in [4.69, 9.17) is 4.74 Å². The Morgan fingerprint density at radius 3 is 2.70 bits per heavy atom. The van der Waals surface area contributed by atoms with Crippen LogP contribution < -0.4 is 5.32 Å². The zero-order chi connectivity index (χ0) is 17.0. The van der Waals surface area contributed by atoms with Crippen LogP contribution in [-0.4, -0.2) is 43.0 Å². The van der Waals surface area contributed by atoms with Crippen molar-refractivity contribution in [3.63, 3.8) is 0 Å². The quantitative estimate of drug-likeness (QED) is 0.873. The van der Waals surface area contributed by atoms with E-state index in [1.807, 2.05) is 45.0 Å². The van der Waals surface area contributed by atoms with Crippen molar-refractivity contribution in [1.82, 2.24) is 10.2 Å². The average molecular weight is 318 g/mol. The number of benzene rings is 1. The second-order valence-electron chi connectivity index (χ2n) is 6.36. The highest BCUT2D eigenvalue weighted by Gasteiger charge is 2.44. The summed E-state index contributed by atoms with van der Waals surface area (Å²) in [7, 11) is 1.62. The van der Waals surface area contributed by atoms with Gasteiger partial charge in [0.15, 0.2) is 0 Å². The summed E-state index contributed by atoms with van der Waals surface area (Å²) in [5.74, 6) is -0.399. The minimum Gasteiger partial charge on any atom is -0.383 e.